The summed E-state index contributed by atoms with van der Waals surface area (Å²) in [5, 5.41) is 0. The van der Waals surface area contributed by atoms with Crippen LogP contribution in [0, 0.1) is 0 Å². The molecule has 0 rings (SSSR count). The van der Waals surface area contributed by atoms with Crippen molar-refractivity contribution in [1.82, 2.24) is 0 Å². The first-order valence-corrected chi connectivity index (χ1v) is 24.5. The van der Waals surface area contributed by atoms with Crippen LogP contribution in [0.2, 0.25) is 0 Å². The zero-order valence-corrected chi connectivity index (χ0v) is 36.4. The van der Waals surface area contributed by atoms with Crippen molar-refractivity contribution in [1.29, 1.82) is 0 Å². The molecule has 0 radical (unpaired) electrons. The topological polar surface area (TPSA) is 134 Å². The second-order valence-electron chi connectivity index (χ2n) is 15.6. The van der Waals surface area contributed by atoms with Gasteiger partial charge in [-0.15, -0.1) is 0 Å². The van der Waals surface area contributed by atoms with Gasteiger partial charge in [-0.25, -0.2) is 4.57 Å². The lowest BCUT2D eigenvalue weighted by atomic mass is 10.0. The Hall–Kier alpha value is -0.990. The van der Waals surface area contributed by atoms with E-state index in [1.54, 1.807) is 0 Å². The molecule has 0 heterocycles. The van der Waals surface area contributed by atoms with Crippen LogP contribution in [-0.2, 0) is 32.7 Å². The third kappa shape index (κ3) is 40.7. The summed E-state index contributed by atoms with van der Waals surface area (Å²) in [6.45, 7) is 3.77. The summed E-state index contributed by atoms with van der Waals surface area (Å²) in [4.78, 5) is 34.9. The summed E-state index contributed by atoms with van der Waals surface area (Å²) in [7, 11) is -4.37. The molecule has 0 aliphatic carbocycles. The van der Waals surface area contributed by atoms with Gasteiger partial charge in [0.25, 0.3) is 0 Å². The number of nitrogens with two attached hydrogens (primary N) is 1. The Morgan fingerprint density at radius 2 is 0.796 bits per heavy atom. The molecular weight excluding hydrogens is 701 g/mol. The molecule has 0 aliphatic rings. The van der Waals surface area contributed by atoms with Crippen molar-refractivity contribution in [2.24, 2.45) is 5.73 Å². The van der Waals surface area contributed by atoms with Crippen LogP contribution in [0.3, 0.4) is 0 Å². The van der Waals surface area contributed by atoms with Gasteiger partial charge in [-0.05, 0) is 12.8 Å². The summed E-state index contributed by atoms with van der Waals surface area (Å²) >= 11 is 0. The van der Waals surface area contributed by atoms with E-state index in [4.69, 9.17) is 24.3 Å². The number of phosphoric ester groups is 1. The Bertz CT molecular complexity index is 860. The standard InChI is InChI=1S/C44H88NO8P/c1-3-5-7-9-11-13-15-17-18-19-20-21-22-23-24-25-27-28-30-32-34-36-43(46)50-40-42(41-52-54(48,49)51-39-38-45)53-44(47)37-35-33-31-29-26-16-14-12-10-8-6-4-2/h42H,3-41,45H2,1-2H3,(H,48,49). The monoisotopic (exact) mass is 790 g/mol. The lowest BCUT2D eigenvalue weighted by Gasteiger charge is -2.19. The van der Waals surface area contributed by atoms with E-state index in [1.165, 1.54) is 173 Å². The maximum absolute atomic E-state index is 12.6. The summed E-state index contributed by atoms with van der Waals surface area (Å²) in [5.74, 6) is -0.812. The van der Waals surface area contributed by atoms with Crippen LogP contribution < -0.4 is 5.73 Å². The lowest BCUT2D eigenvalue weighted by molar-refractivity contribution is -0.161. The average Bonchev–Trinajstić information content (AvgIpc) is 3.16. The number of carbonyl (C=O) groups excluding carboxylic acids is 2. The maximum atomic E-state index is 12.6. The molecule has 322 valence electrons. The summed E-state index contributed by atoms with van der Waals surface area (Å²) < 4.78 is 32.8. The molecule has 2 atom stereocenters. The molecule has 0 bridgehead atoms. The van der Waals surface area contributed by atoms with Gasteiger partial charge in [0.05, 0.1) is 13.2 Å². The summed E-state index contributed by atoms with van der Waals surface area (Å²) in [6, 6.07) is 0. The molecular formula is C44H88NO8P. The number of ether oxygens (including phenoxy) is 2. The van der Waals surface area contributed by atoms with Gasteiger partial charge in [-0.1, -0.05) is 213 Å². The highest BCUT2D eigenvalue weighted by Gasteiger charge is 2.26. The van der Waals surface area contributed by atoms with Crippen molar-refractivity contribution in [2.45, 2.75) is 245 Å². The van der Waals surface area contributed by atoms with E-state index in [1.807, 2.05) is 0 Å². The molecule has 0 aromatic rings. The fourth-order valence-corrected chi connectivity index (χ4v) is 7.58. The normalized spacial score (nSPS) is 13.2. The first-order valence-electron chi connectivity index (χ1n) is 23.0. The van der Waals surface area contributed by atoms with E-state index < -0.39 is 26.5 Å². The quantitative estimate of drug-likeness (QED) is 0.0351. The zero-order chi connectivity index (χ0) is 39.6. The molecule has 0 aromatic carbocycles. The molecule has 0 saturated carbocycles. The van der Waals surface area contributed by atoms with Gasteiger partial charge in [0.1, 0.15) is 6.61 Å². The highest BCUT2D eigenvalue weighted by molar-refractivity contribution is 7.47. The third-order valence-corrected chi connectivity index (χ3v) is 11.2. The minimum atomic E-state index is -4.37. The Morgan fingerprint density at radius 1 is 0.481 bits per heavy atom. The fraction of sp³-hybridized carbons (Fsp3) is 0.955. The van der Waals surface area contributed by atoms with Crippen LogP contribution in [0.15, 0.2) is 0 Å². The molecule has 0 fully saturated rings. The first kappa shape index (κ1) is 53.0. The summed E-state index contributed by atoms with van der Waals surface area (Å²) in [5.41, 5.74) is 5.35. The Kier molecular flexibility index (Phi) is 40.9. The van der Waals surface area contributed by atoms with Crippen LogP contribution in [-0.4, -0.2) is 49.3 Å². The fourth-order valence-electron chi connectivity index (χ4n) is 6.81. The van der Waals surface area contributed by atoms with E-state index in [0.717, 1.165) is 32.1 Å². The molecule has 0 saturated heterocycles. The van der Waals surface area contributed by atoms with Gasteiger partial charge >= 0.3 is 19.8 Å². The van der Waals surface area contributed by atoms with Crippen LogP contribution in [0.4, 0.5) is 0 Å². The minimum Gasteiger partial charge on any atom is -0.462 e. The van der Waals surface area contributed by atoms with E-state index in [9.17, 15) is 19.0 Å². The highest BCUT2D eigenvalue weighted by Crippen LogP contribution is 2.43. The lowest BCUT2D eigenvalue weighted by Crippen LogP contribution is -2.29. The SMILES string of the molecule is CCCCCCCCCCCCCCCCCCCCCCCC(=O)OCC(COP(=O)(O)OCCN)OC(=O)CCCCCCCCCCCCCC. The van der Waals surface area contributed by atoms with Crippen molar-refractivity contribution in [2.75, 3.05) is 26.4 Å². The van der Waals surface area contributed by atoms with E-state index in [0.29, 0.717) is 6.42 Å². The molecule has 3 N–H and O–H groups in total. The zero-order valence-electron chi connectivity index (χ0n) is 35.5. The van der Waals surface area contributed by atoms with Gasteiger partial charge < -0.3 is 20.1 Å². The molecule has 0 aliphatic heterocycles. The number of unbranched alkanes of at least 4 members (excludes halogenated alkanes) is 31. The van der Waals surface area contributed by atoms with Crippen LogP contribution in [0.1, 0.15) is 239 Å². The second kappa shape index (κ2) is 41.6. The van der Waals surface area contributed by atoms with Crippen molar-refractivity contribution in [3.63, 3.8) is 0 Å². The maximum Gasteiger partial charge on any atom is 0.472 e. The Labute approximate surface area is 333 Å². The van der Waals surface area contributed by atoms with Gasteiger partial charge in [-0.3, -0.25) is 18.6 Å². The summed E-state index contributed by atoms with van der Waals surface area (Å²) in [6.07, 6.45) is 41.4. The van der Waals surface area contributed by atoms with Crippen LogP contribution in [0.25, 0.3) is 0 Å². The Morgan fingerprint density at radius 3 is 1.13 bits per heavy atom. The average molecular weight is 790 g/mol. The van der Waals surface area contributed by atoms with E-state index in [-0.39, 0.29) is 38.6 Å². The van der Waals surface area contributed by atoms with Gasteiger partial charge in [-0.2, -0.15) is 0 Å². The number of hydrogen-bond acceptors (Lipinski definition) is 8. The predicted molar refractivity (Wildman–Crippen MR) is 225 cm³/mol. The first-order chi connectivity index (χ1) is 26.3. The number of phosphoric acid groups is 1. The molecule has 9 nitrogen and oxygen atoms in total. The van der Waals surface area contributed by atoms with Crippen molar-refractivity contribution >= 4 is 19.8 Å². The molecule has 0 aromatic heterocycles. The largest absolute Gasteiger partial charge is 0.472 e. The number of hydrogen-bond donors (Lipinski definition) is 2. The molecule has 0 amide bonds. The second-order valence-corrected chi connectivity index (χ2v) is 17.1. The molecule has 54 heavy (non-hydrogen) atoms. The van der Waals surface area contributed by atoms with Gasteiger partial charge in [0.2, 0.25) is 0 Å². The number of esters is 2. The Balaban J connectivity index is 3.99. The predicted octanol–water partition coefficient (Wildman–Crippen LogP) is 13.2. The number of carbonyl (C=O) groups is 2. The molecule has 2 unspecified atom stereocenters. The van der Waals surface area contributed by atoms with Crippen molar-refractivity contribution in [3.8, 4) is 0 Å². The van der Waals surface area contributed by atoms with Crippen molar-refractivity contribution in [3.05, 3.63) is 0 Å². The minimum absolute atomic E-state index is 0.0581. The molecule has 10 heteroatoms. The van der Waals surface area contributed by atoms with Crippen molar-refractivity contribution < 1.29 is 37.6 Å². The van der Waals surface area contributed by atoms with E-state index >= 15 is 0 Å². The highest BCUT2D eigenvalue weighted by atomic mass is 31.2. The van der Waals surface area contributed by atoms with E-state index in [2.05, 4.69) is 13.8 Å². The van der Waals surface area contributed by atoms with Crippen LogP contribution >= 0.6 is 7.82 Å². The third-order valence-electron chi connectivity index (χ3n) is 10.2. The molecule has 0 spiro atoms. The smallest absolute Gasteiger partial charge is 0.462 e. The van der Waals surface area contributed by atoms with Gasteiger partial charge in [0, 0.05) is 19.4 Å². The van der Waals surface area contributed by atoms with Gasteiger partial charge in [0.15, 0.2) is 6.10 Å². The number of rotatable bonds is 44. The van der Waals surface area contributed by atoms with Crippen LogP contribution in [0.5, 0.6) is 0 Å².